The van der Waals surface area contributed by atoms with E-state index in [0.29, 0.717) is 35.0 Å². The Bertz CT molecular complexity index is 1100. The fourth-order valence-electron chi connectivity index (χ4n) is 3.19. The molecule has 8 nitrogen and oxygen atoms in total. The normalized spacial score (nSPS) is 10.7. The highest BCUT2D eigenvalue weighted by Crippen LogP contribution is 2.38. The summed E-state index contributed by atoms with van der Waals surface area (Å²) in [6, 6.07) is 10.4. The van der Waals surface area contributed by atoms with Crippen LogP contribution < -0.4 is 19.8 Å². The average molecular weight is 412 g/mol. The average Bonchev–Trinajstić information content (AvgIpc) is 2.75. The fourth-order valence-corrected chi connectivity index (χ4v) is 3.19. The van der Waals surface area contributed by atoms with Crippen molar-refractivity contribution in [2.75, 3.05) is 21.3 Å². The number of nitrogens with zero attached hydrogens (tertiary/aromatic N) is 2. The van der Waals surface area contributed by atoms with Gasteiger partial charge in [0.25, 0.3) is 5.56 Å². The number of fused-ring (bicyclic) bond motifs is 1. The summed E-state index contributed by atoms with van der Waals surface area (Å²) < 4.78 is 22.8. The molecule has 0 amide bonds. The summed E-state index contributed by atoms with van der Waals surface area (Å²) in [4.78, 5) is 28.9. The second kappa shape index (κ2) is 9.30. The number of aromatic nitrogens is 2. The zero-order valence-corrected chi connectivity index (χ0v) is 17.4. The molecule has 0 N–H and O–H groups in total. The molecule has 3 aromatic rings. The van der Waals surface area contributed by atoms with E-state index in [1.807, 2.05) is 19.1 Å². The van der Waals surface area contributed by atoms with Gasteiger partial charge in [0.1, 0.15) is 12.3 Å². The van der Waals surface area contributed by atoms with Crippen molar-refractivity contribution in [2.24, 2.45) is 0 Å². The van der Waals surface area contributed by atoms with Crippen LogP contribution in [0.2, 0.25) is 0 Å². The molecule has 0 aliphatic carbocycles. The highest BCUT2D eigenvalue weighted by molar-refractivity contribution is 5.70. The maximum atomic E-state index is 12.3. The van der Waals surface area contributed by atoms with Gasteiger partial charge >= 0.3 is 5.97 Å². The Labute approximate surface area is 174 Å². The first-order valence-electron chi connectivity index (χ1n) is 9.39. The van der Waals surface area contributed by atoms with E-state index in [0.717, 1.165) is 11.3 Å². The molecule has 0 spiro atoms. The molecule has 0 bridgehead atoms. The lowest BCUT2D eigenvalue weighted by Crippen LogP contribution is -2.18. The number of carbonyl (C=O) groups is 1. The third-order valence-electron chi connectivity index (χ3n) is 4.66. The number of esters is 1. The number of ether oxygens (including phenoxy) is 4. The fraction of sp³-hybridized carbons (Fsp3) is 0.318. The summed E-state index contributed by atoms with van der Waals surface area (Å²) in [5.41, 5.74) is 2.36. The van der Waals surface area contributed by atoms with E-state index in [4.69, 9.17) is 18.9 Å². The first-order valence-corrected chi connectivity index (χ1v) is 9.39. The van der Waals surface area contributed by atoms with Crippen LogP contribution in [0.25, 0.3) is 5.65 Å². The first-order chi connectivity index (χ1) is 14.5. The largest absolute Gasteiger partial charge is 0.493 e. The molecule has 0 unspecified atom stereocenters. The van der Waals surface area contributed by atoms with Crippen molar-refractivity contribution >= 4 is 11.6 Å². The van der Waals surface area contributed by atoms with Crippen LogP contribution in [-0.2, 0) is 22.6 Å². The smallest absolute Gasteiger partial charge is 0.306 e. The van der Waals surface area contributed by atoms with Crippen molar-refractivity contribution < 1.29 is 23.7 Å². The second-order valence-electron chi connectivity index (χ2n) is 6.64. The number of hydrogen-bond acceptors (Lipinski definition) is 7. The molecule has 3 rings (SSSR count). The quantitative estimate of drug-likeness (QED) is 0.526. The minimum Gasteiger partial charge on any atom is -0.493 e. The molecule has 0 atom stereocenters. The molecule has 2 heterocycles. The SMILES string of the molecule is COc1cc(CCC(=O)OCc2cc(=O)n3c(C)cccc3n2)cc(OC)c1OC. The molecule has 30 heavy (non-hydrogen) atoms. The molecular weight excluding hydrogens is 388 g/mol. The molecule has 0 radical (unpaired) electrons. The number of carbonyl (C=O) groups excluding carboxylic acids is 1. The minimum absolute atomic E-state index is 0.0617. The number of benzene rings is 1. The lowest BCUT2D eigenvalue weighted by molar-refractivity contribution is -0.145. The van der Waals surface area contributed by atoms with Crippen molar-refractivity contribution in [3.05, 3.63) is 63.7 Å². The molecule has 1 aromatic carbocycles. The standard InChI is InChI=1S/C22H24N2O6/c1-14-6-5-7-19-23-16(12-20(25)24(14)19)13-30-21(26)9-8-15-10-17(27-2)22(29-4)18(11-15)28-3/h5-7,10-12H,8-9,13H2,1-4H3. The van der Waals surface area contributed by atoms with Gasteiger partial charge in [-0.3, -0.25) is 14.0 Å². The Morgan fingerprint density at radius 3 is 2.37 bits per heavy atom. The molecule has 0 fully saturated rings. The Morgan fingerprint density at radius 1 is 1.03 bits per heavy atom. The summed E-state index contributed by atoms with van der Waals surface area (Å²) >= 11 is 0. The van der Waals surface area contributed by atoms with Gasteiger partial charge in [0, 0.05) is 18.2 Å². The summed E-state index contributed by atoms with van der Waals surface area (Å²) in [6.45, 7) is 1.77. The van der Waals surface area contributed by atoms with Gasteiger partial charge in [-0.2, -0.15) is 0 Å². The van der Waals surface area contributed by atoms with Crippen molar-refractivity contribution in [3.63, 3.8) is 0 Å². The summed E-state index contributed by atoms with van der Waals surface area (Å²) in [6.07, 6.45) is 0.590. The third-order valence-corrected chi connectivity index (χ3v) is 4.66. The highest BCUT2D eigenvalue weighted by atomic mass is 16.5. The highest BCUT2D eigenvalue weighted by Gasteiger charge is 2.14. The van der Waals surface area contributed by atoms with Gasteiger partial charge in [0.2, 0.25) is 5.75 Å². The maximum Gasteiger partial charge on any atom is 0.306 e. The predicted molar refractivity (Wildman–Crippen MR) is 110 cm³/mol. The topological polar surface area (TPSA) is 88.4 Å². The lowest BCUT2D eigenvalue weighted by atomic mass is 10.1. The van der Waals surface area contributed by atoms with Crippen LogP contribution in [0.15, 0.2) is 41.2 Å². The minimum atomic E-state index is -0.394. The van der Waals surface area contributed by atoms with E-state index in [1.165, 1.54) is 31.8 Å². The molecule has 0 saturated carbocycles. The third kappa shape index (κ3) is 4.53. The molecule has 0 aliphatic rings. The summed E-state index contributed by atoms with van der Waals surface area (Å²) in [5.74, 6) is 1.15. The van der Waals surface area contributed by atoms with E-state index in [1.54, 1.807) is 18.2 Å². The van der Waals surface area contributed by atoms with Gasteiger partial charge in [0.05, 0.1) is 27.0 Å². The number of rotatable bonds is 8. The van der Waals surface area contributed by atoms with Gasteiger partial charge in [-0.15, -0.1) is 0 Å². The van der Waals surface area contributed by atoms with Crippen LogP contribution >= 0.6 is 0 Å². The van der Waals surface area contributed by atoms with E-state index >= 15 is 0 Å². The van der Waals surface area contributed by atoms with Crippen LogP contribution in [0.3, 0.4) is 0 Å². The van der Waals surface area contributed by atoms with Crippen molar-refractivity contribution in [3.8, 4) is 17.2 Å². The summed E-state index contributed by atoms with van der Waals surface area (Å²) in [7, 11) is 4.61. The predicted octanol–water partition coefficient (Wildman–Crippen LogP) is 2.70. The summed E-state index contributed by atoms with van der Waals surface area (Å²) in [5, 5.41) is 0. The van der Waals surface area contributed by atoms with Crippen LogP contribution in [0.4, 0.5) is 0 Å². The van der Waals surface area contributed by atoms with E-state index in [9.17, 15) is 9.59 Å². The van der Waals surface area contributed by atoms with Gasteiger partial charge in [-0.1, -0.05) is 6.07 Å². The van der Waals surface area contributed by atoms with Crippen molar-refractivity contribution in [2.45, 2.75) is 26.4 Å². The number of methoxy groups -OCH3 is 3. The monoisotopic (exact) mass is 412 g/mol. The Kier molecular flexibility index (Phi) is 6.56. The van der Waals surface area contributed by atoms with E-state index in [2.05, 4.69) is 4.98 Å². The van der Waals surface area contributed by atoms with Crippen molar-refractivity contribution in [1.29, 1.82) is 0 Å². The second-order valence-corrected chi connectivity index (χ2v) is 6.64. The number of aryl methyl sites for hydroxylation is 2. The Hall–Kier alpha value is -3.55. The van der Waals surface area contributed by atoms with Gasteiger partial charge in [0.15, 0.2) is 11.5 Å². The Morgan fingerprint density at radius 2 is 1.73 bits per heavy atom. The lowest BCUT2D eigenvalue weighted by Gasteiger charge is -2.14. The van der Waals surface area contributed by atoms with Crippen LogP contribution in [0.1, 0.15) is 23.4 Å². The van der Waals surface area contributed by atoms with Crippen molar-refractivity contribution in [1.82, 2.24) is 9.38 Å². The van der Waals surface area contributed by atoms with Crippen LogP contribution in [0, 0.1) is 6.92 Å². The number of pyridine rings is 1. The molecule has 8 heteroatoms. The van der Waals surface area contributed by atoms with E-state index in [-0.39, 0.29) is 18.6 Å². The zero-order valence-electron chi connectivity index (χ0n) is 17.4. The van der Waals surface area contributed by atoms with Gasteiger partial charge in [-0.25, -0.2) is 4.98 Å². The van der Waals surface area contributed by atoms with Gasteiger partial charge in [-0.05, 0) is 43.2 Å². The molecular formula is C22H24N2O6. The molecule has 0 aliphatic heterocycles. The Balaban J connectivity index is 1.64. The molecule has 2 aromatic heterocycles. The van der Waals surface area contributed by atoms with Crippen LogP contribution in [0.5, 0.6) is 17.2 Å². The van der Waals surface area contributed by atoms with Crippen LogP contribution in [-0.4, -0.2) is 36.7 Å². The zero-order chi connectivity index (χ0) is 21.7. The van der Waals surface area contributed by atoms with Gasteiger partial charge < -0.3 is 18.9 Å². The number of hydrogen-bond donors (Lipinski definition) is 0. The van der Waals surface area contributed by atoms with E-state index < -0.39 is 5.97 Å². The molecule has 158 valence electrons. The maximum absolute atomic E-state index is 12.3. The first kappa shape index (κ1) is 21.2. The molecule has 0 saturated heterocycles.